The predicted octanol–water partition coefficient (Wildman–Crippen LogP) is 3.88. The summed E-state index contributed by atoms with van der Waals surface area (Å²) in [7, 11) is 0. The molecule has 0 spiro atoms. The molecule has 0 aromatic heterocycles. The summed E-state index contributed by atoms with van der Waals surface area (Å²) in [6.07, 6.45) is 0. The summed E-state index contributed by atoms with van der Waals surface area (Å²) >= 11 is 3.34. The average molecular weight is 291 g/mol. The standard InChI is InChI=1S/C14H11BrO2/c15-9-14(10-1-5-12(16)6-2-10)11-3-7-13(17)8-4-11/h1-9,16-17H. The van der Waals surface area contributed by atoms with Gasteiger partial charge in [-0.3, -0.25) is 0 Å². The number of phenols is 2. The van der Waals surface area contributed by atoms with Gasteiger partial charge in [0, 0.05) is 0 Å². The maximum atomic E-state index is 9.25. The zero-order chi connectivity index (χ0) is 12.3. The van der Waals surface area contributed by atoms with Crippen molar-refractivity contribution in [2.75, 3.05) is 0 Å². The van der Waals surface area contributed by atoms with Gasteiger partial charge >= 0.3 is 0 Å². The second-order valence-electron chi connectivity index (χ2n) is 3.62. The van der Waals surface area contributed by atoms with E-state index in [4.69, 9.17) is 0 Å². The lowest BCUT2D eigenvalue weighted by molar-refractivity contribution is 0.475. The molecule has 0 fully saturated rings. The molecule has 0 aliphatic rings. The van der Waals surface area contributed by atoms with Crippen LogP contribution >= 0.6 is 15.9 Å². The Bertz CT molecular complexity index is 480. The number of benzene rings is 2. The first-order valence-electron chi connectivity index (χ1n) is 5.10. The maximum absolute atomic E-state index is 9.25. The van der Waals surface area contributed by atoms with E-state index in [1.54, 1.807) is 24.3 Å². The van der Waals surface area contributed by atoms with Gasteiger partial charge < -0.3 is 10.2 Å². The van der Waals surface area contributed by atoms with Gasteiger partial charge in [-0.2, -0.15) is 0 Å². The van der Waals surface area contributed by atoms with Gasteiger partial charge in [0.15, 0.2) is 0 Å². The minimum atomic E-state index is 0.244. The molecule has 0 aliphatic carbocycles. The molecule has 0 saturated heterocycles. The van der Waals surface area contributed by atoms with Crippen molar-refractivity contribution in [3.05, 3.63) is 64.6 Å². The van der Waals surface area contributed by atoms with Crippen LogP contribution in [-0.4, -0.2) is 10.2 Å². The Kier molecular flexibility index (Phi) is 3.49. The molecule has 0 bridgehead atoms. The highest BCUT2D eigenvalue weighted by molar-refractivity contribution is 9.11. The van der Waals surface area contributed by atoms with E-state index in [-0.39, 0.29) is 11.5 Å². The van der Waals surface area contributed by atoms with Crippen molar-refractivity contribution in [1.29, 1.82) is 0 Å². The fraction of sp³-hybridized carbons (Fsp3) is 0. The third kappa shape index (κ3) is 2.68. The van der Waals surface area contributed by atoms with Gasteiger partial charge in [0.2, 0.25) is 0 Å². The normalized spacial score (nSPS) is 9.94. The van der Waals surface area contributed by atoms with E-state index in [2.05, 4.69) is 15.9 Å². The molecule has 0 unspecified atom stereocenters. The lowest BCUT2D eigenvalue weighted by atomic mass is 9.99. The van der Waals surface area contributed by atoms with Crippen LogP contribution in [0.3, 0.4) is 0 Å². The fourth-order valence-corrected chi connectivity index (χ4v) is 2.10. The summed E-state index contributed by atoms with van der Waals surface area (Å²) in [5.41, 5.74) is 2.97. The van der Waals surface area contributed by atoms with Crippen LogP contribution in [0.1, 0.15) is 11.1 Å². The molecule has 0 atom stereocenters. The second kappa shape index (κ2) is 5.06. The Labute approximate surface area is 108 Å². The Balaban J connectivity index is 2.41. The minimum Gasteiger partial charge on any atom is -0.508 e. The molecule has 2 rings (SSSR count). The Morgan fingerprint density at radius 3 is 1.41 bits per heavy atom. The molecule has 0 amide bonds. The van der Waals surface area contributed by atoms with Crippen LogP contribution in [0.5, 0.6) is 11.5 Å². The van der Waals surface area contributed by atoms with E-state index >= 15 is 0 Å². The topological polar surface area (TPSA) is 40.5 Å². The first-order chi connectivity index (χ1) is 8.20. The third-order valence-corrected chi connectivity index (χ3v) is 2.92. The molecular formula is C14H11BrO2. The van der Waals surface area contributed by atoms with Crippen LogP contribution in [0.4, 0.5) is 0 Å². The summed E-state index contributed by atoms with van der Waals surface area (Å²) in [5, 5.41) is 18.5. The molecule has 2 aromatic carbocycles. The van der Waals surface area contributed by atoms with Crippen LogP contribution in [0.2, 0.25) is 0 Å². The third-order valence-electron chi connectivity index (χ3n) is 2.47. The zero-order valence-corrected chi connectivity index (χ0v) is 10.6. The van der Waals surface area contributed by atoms with E-state index in [0.29, 0.717) is 0 Å². The summed E-state index contributed by atoms with van der Waals surface area (Å²) < 4.78 is 0. The second-order valence-corrected chi connectivity index (χ2v) is 4.07. The highest BCUT2D eigenvalue weighted by Crippen LogP contribution is 2.27. The summed E-state index contributed by atoms with van der Waals surface area (Å²) in [5.74, 6) is 0.488. The van der Waals surface area contributed by atoms with E-state index in [0.717, 1.165) is 16.7 Å². The number of hydrogen-bond acceptors (Lipinski definition) is 2. The smallest absolute Gasteiger partial charge is 0.115 e. The van der Waals surface area contributed by atoms with Gasteiger partial charge in [-0.1, -0.05) is 40.2 Å². The molecule has 0 aliphatic heterocycles. The lowest BCUT2D eigenvalue weighted by Crippen LogP contribution is -1.86. The largest absolute Gasteiger partial charge is 0.508 e. The summed E-state index contributed by atoms with van der Waals surface area (Å²) in [6, 6.07) is 14.0. The van der Waals surface area contributed by atoms with E-state index in [1.807, 2.05) is 29.3 Å². The van der Waals surface area contributed by atoms with Crippen LogP contribution < -0.4 is 0 Å². The quantitative estimate of drug-likeness (QED) is 0.881. The number of aromatic hydroxyl groups is 2. The molecule has 0 heterocycles. The SMILES string of the molecule is Oc1ccc(C(=CBr)c2ccc(O)cc2)cc1. The first kappa shape index (κ1) is 11.7. The molecule has 2 N–H and O–H groups in total. The molecular weight excluding hydrogens is 280 g/mol. The number of rotatable bonds is 2. The van der Waals surface area contributed by atoms with Crippen molar-refractivity contribution in [3.63, 3.8) is 0 Å². The van der Waals surface area contributed by atoms with Gasteiger partial charge in [0.05, 0.1) is 0 Å². The summed E-state index contributed by atoms with van der Waals surface area (Å²) in [6.45, 7) is 0. The molecule has 0 saturated carbocycles. The first-order valence-corrected chi connectivity index (χ1v) is 6.01. The van der Waals surface area contributed by atoms with Gasteiger partial charge in [-0.25, -0.2) is 0 Å². The van der Waals surface area contributed by atoms with Crippen molar-refractivity contribution in [3.8, 4) is 11.5 Å². The maximum Gasteiger partial charge on any atom is 0.115 e. The number of hydrogen-bond donors (Lipinski definition) is 2. The molecule has 86 valence electrons. The average Bonchev–Trinajstić information content (AvgIpc) is 2.35. The predicted molar refractivity (Wildman–Crippen MR) is 72.2 cm³/mol. The van der Waals surface area contributed by atoms with E-state index in [1.165, 1.54) is 0 Å². The summed E-state index contributed by atoms with van der Waals surface area (Å²) in [4.78, 5) is 1.83. The van der Waals surface area contributed by atoms with Gasteiger partial charge in [0.25, 0.3) is 0 Å². The van der Waals surface area contributed by atoms with Gasteiger partial charge in [-0.05, 0) is 46.0 Å². The monoisotopic (exact) mass is 290 g/mol. The van der Waals surface area contributed by atoms with Gasteiger partial charge in [-0.15, -0.1) is 0 Å². The fourth-order valence-electron chi connectivity index (χ4n) is 1.57. The number of phenolic OH excluding ortho intramolecular Hbond substituents is 2. The molecule has 2 aromatic rings. The molecule has 0 radical (unpaired) electrons. The van der Waals surface area contributed by atoms with Crippen molar-refractivity contribution in [2.24, 2.45) is 0 Å². The van der Waals surface area contributed by atoms with E-state index in [9.17, 15) is 10.2 Å². The van der Waals surface area contributed by atoms with Crippen LogP contribution in [-0.2, 0) is 0 Å². The highest BCUT2D eigenvalue weighted by Gasteiger charge is 2.04. The van der Waals surface area contributed by atoms with Crippen LogP contribution in [0, 0.1) is 0 Å². The van der Waals surface area contributed by atoms with Gasteiger partial charge in [0.1, 0.15) is 11.5 Å². The Morgan fingerprint density at radius 2 is 1.12 bits per heavy atom. The lowest BCUT2D eigenvalue weighted by Gasteiger charge is -2.07. The Morgan fingerprint density at radius 1 is 0.765 bits per heavy atom. The van der Waals surface area contributed by atoms with Crippen molar-refractivity contribution in [1.82, 2.24) is 0 Å². The van der Waals surface area contributed by atoms with Crippen LogP contribution in [0.25, 0.3) is 5.57 Å². The molecule has 17 heavy (non-hydrogen) atoms. The van der Waals surface area contributed by atoms with Crippen molar-refractivity contribution >= 4 is 21.5 Å². The molecule has 3 heteroatoms. The minimum absolute atomic E-state index is 0.244. The van der Waals surface area contributed by atoms with E-state index < -0.39 is 0 Å². The highest BCUT2D eigenvalue weighted by atomic mass is 79.9. The Hall–Kier alpha value is -1.74. The number of halogens is 1. The van der Waals surface area contributed by atoms with Crippen LogP contribution in [0.15, 0.2) is 53.5 Å². The van der Waals surface area contributed by atoms with Crippen molar-refractivity contribution < 1.29 is 10.2 Å². The van der Waals surface area contributed by atoms with Crippen molar-refractivity contribution in [2.45, 2.75) is 0 Å². The molecule has 2 nitrogen and oxygen atoms in total. The zero-order valence-electron chi connectivity index (χ0n) is 8.97.